The van der Waals surface area contributed by atoms with Crippen LogP contribution in [0.3, 0.4) is 0 Å². The van der Waals surface area contributed by atoms with E-state index >= 15 is 0 Å². The molecule has 380 valence electrons. The summed E-state index contributed by atoms with van der Waals surface area (Å²) in [7, 11) is 0. The maximum Gasteiger partial charge on any atom is 0.306 e. The van der Waals surface area contributed by atoms with Gasteiger partial charge in [0.15, 0.2) is 6.10 Å². The molecule has 6 nitrogen and oxygen atoms in total. The zero-order valence-corrected chi connectivity index (χ0v) is 43.3. The Morgan fingerprint density at radius 2 is 0.603 bits per heavy atom. The Balaban J connectivity index is 4.56. The minimum absolute atomic E-state index is 0.127. The quantitative estimate of drug-likeness (QED) is 0.0262. The number of hydrogen-bond donors (Lipinski definition) is 0. The molecule has 0 aliphatic carbocycles. The molecule has 0 rings (SSSR count). The minimum atomic E-state index is -0.840. The van der Waals surface area contributed by atoms with E-state index in [0.717, 1.165) is 109 Å². The first-order chi connectivity index (χ1) is 33.5. The van der Waals surface area contributed by atoms with E-state index in [4.69, 9.17) is 14.2 Å². The summed E-state index contributed by atoms with van der Waals surface area (Å²) in [5, 5.41) is 0. The van der Waals surface area contributed by atoms with Gasteiger partial charge < -0.3 is 14.2 Å². The highest BCUT2D eigenvalue weighted by atomic mass is 16.6. The SMILES string of the molecule is CC/C=C\C/C=C\C/C=C\C/C=C\C/C=C\C/C=C\CCCCC(=O)OCC(COC(=O)CCCCCCCCCCCC)OC(=O)CC/C=C\C/C=C\C/C=C\C/C=C\C/C=C\C/C=C\CC. The van der Waals surface area contributed by atoms with Gasteiger partial charge in [0.1, 0.15) is 13.2 Å². The lowest BCUT2D eigenvalue weighted by Gasteiger charge is -2.18. The number of unbranched alkanes of at least 4 members (excludes halogenated alkanes) is 11. The lowest BCUT2D eigenvalue weighted by molar-refractivity contribution is -0.166. The number of carbonyl (C=O) groups is 3. The Hall–Kier alpha value is -4.71. The van der Waals surface area contributed by atoms with Gasteiger partial charge in [-0.05, 0) is 109 Å². The molecule has 0 aliphatic rings. The van der Waals surface area contributed by atoms with Crippen molar-refractivity contribution in [2.24, 2.45) is 0 Å². The van der Waals surface area contributed by atoms with E-state index < -0.39 is 12.1 Å². The Kier molecular flexibility index (Phi) is 51.1. The molecule has 0 aromatic rings. The first-order valence-electron chi connectivity index (χ1n) is 26.8. The highest BCUT2D eigenvalue weighted by molar-refractivity contribution is 5.71. The smallest absolute Gasteiger partial charge is 0.306 e. The van der Waals surface area contributed by atoms with Crippen molar-refractivity contribution in [3.05, 3.63) is 146 Å². The molecule has 0 saturated carbocycles. The number of allylic oxidation sites excluding steroid dienone is 24. The molecule has 0 aromatic heterocycles. The summed E-state index contributed by atoms with van der Waals surface area (Å²) < 4.78 is 16.7. The highest BCUT2D eigenvalue weighted by Crippen LogP contribution is 2.13. The number of hydrogen-bond acceptors (Lipinski definition) is 6. The van der Waals surface area contributed by atoms with E-state index in [2.05, 4.69) is 154 Å². The summed E-state index contributed by atoms with van der Waals surface area (Å²) in [6, 6.07) is 0. The van der Waals surface area contributed by atoms with Crippen LogP contribution in [0.4, 0.5) is 0 Å². The van der Waals surface area contributed by atoms with Gasteiger partial charge in [-0.15, -0.1) is 0 Å². The van der Waals surface area contributed by atoms with Crippen molar-refractivity contribution in [3.8, 4) is 0 Å². The van der Waals surface area contributed by atoms with E-state index in [1.54, 1.807) is 0 Å². The van der Waals surface area contributed by atoms with Crippen LogP contribution in [0.2, 0.25) is 0 Å². The largest absolute Gasteiger partial charge is 0.462 e. The molecule has 0 fully saturated rings. The maximum absolute atomic E-state index is 12.8. The number of rotatable bonds is 46. The summed E-state index contributed by atoms with van der Waals surface area (Å²) in [6.07, 6.45) is 78.5. The predicted molar refractivity (Wildman–Crippen MR) is 292 cm³/mol. The molecule has 0 heterocycles. The zero-order valence-electron chi connectivity index (χ0n) is 43.3. The van der Waals surface area contributed by atoms with Gasteiger partial charge in [0.25, 0.3) is 0 Å². The third kappa shape index (κ3) is 52.3. The van der Waals surface area contributed by atoms with Crippen molar-refractivity contribution in [3.63, 3.8) is 0 Å². The van der Waals surface area contributed by atoms with E-state index in [0.29, 0.717) is 19.3 Å². The molecule has 1 atom stereocenters. The number of ether oxygens (including phenoxy) is 3. The third-order valence-electron chi connectivity index (χ3n) is 10.6. The molecule has 0 spiro atoms. The lowest BCUT2D eigenvalue weighted by atomic mass is 10.1. The molecular formula is C62H96O6. The van der Waals surface area contributed by atoms with Crippen molar-refractivity contribution in [2.45, 2.75) is 213 Å². The van der Waals surface area contributed by atoms with Gasteiger partial charge in [-0.1, -0.05) is 224 Å². The van der Waals surface area contributed by atoms with E-state index in [1.807, 2.05) is 12.2 Å². The van der Waals surface area contributed by atoms with Crippen LogP contribution >= 0.6 is 0 Å². The van der Waals surface area contributed by atoms with Gasteiger partial charge in [-0.2, -0.15) is 0 Å². The number of esters is 3. The van der Waals surface area contributed by atoms with E-state index in [-0.39, 0.29) is 38.0 Å². The van der Waals surface area contributed by atoms with Crippen LogP contribution in [0.15, 0.2) is 146 Å². The molecule has 0 aliphatic heterocycles. The van der Waals surface area contributed by atoms with E-state index in [9.17, 15) is 14.4 Å². The topological polar surface area (TPSA) is 78.9 Å². The molecule has 0 radical (unpaired) electrons. The second kappa shape index (κ2) is 54.9. The van der Waals surface area contributed by atoms with Gasteiger partial charge in [-0.25, -0.2) is 0 Å². The van der Waals surface area contributed by atoms with Gasteiger partial charge >= 0.3 is 17.9 Å². The van der Waals surface area contributed by atoms with Crippen molar-refractivity contribution in [2.75, 3.05) is 13.2 Å². The minimum Gasteiger partial charge on any atom is -0.462 e. The first-order valence-corrected chi connectivity index (χ1v) is 26.8. The standard InChI is InChI=1S/C62H96O6/c1-4-7-10-13-16-19-22-24-26-28-30-31-33-34-36-38-40-43-46-49-52-55-61(64)67-58-59(57-66-60(63)54-51-48-45-42-21-18-15-12-9-6-3)68-62(65)56-53-50-47-44-41-39-37-35-32-29-27-25-23-20-17-14-11-8-5-2/h7-8,10-11,16-17,19-20,24-27,30-32,34-36,39-41,43,47,50,59H,4-6,9,12-15,18,21-23,28-29,33,37-38,42,44-46,48-49,51-58H2,1-3H3/b10-7-,11-8-,19-16-,20-17-,26-24-,27-25-,31-30-,35-32-,36-34-,41-39-,43-40-,50-47-. The Bertz CT molecular complexity index is 1540. The lowest BCUT2D eigenvalue weighted by Crippen LogP contribution is -2.30. The van der Waals surface area contributed by atoms with Crippen LogP contribution in [-0.4, -0.2) is 37.2 Å². The molecule has 0 N–H and O–H groups in total. The molecule has 1 unspecified atom stereocenters. The van der Waals surface area contributed by atoms with Crippen LogP contribution in [0.1, 0.15) is 207 Å². The Labute approximate surface area is 417 Å². The van der Waals surface area contributed by atoms with Crippen LogP contribution in [0, 0.1) is 0 Å². The maximum atomic E-state index is 12.8. The Morgan fingerprint density at radius 3 is 0.956 bits per heavy atom. The summed E-state index contributed by atoms with van der Waals surface area (Å²) in [5.41, 5.74) is 0. The second-order valence-corrected chi connectivity index (χ2v) is 17.0. The van der Waals surface area contributed by atoms with Gasteiger partial charge in [0.05, 0.1) is 0 Å². The van der Waals surface area contributed by atoms with Crippen molar-refractivity contribution < 1.29 is 28.6 Å². The van der Waals surface area contributed by atoms with Crippen molar-refractivity contribution in [1.29, 1.82) is 0 Å². The molecule has 0 amide bonds. The van der Waals surface area contributed by atoms with Crippen LogP contribution in [-0.2, 0) is 28.6 Å². The first kappa shape index (κ1) is 63.3. The summed E-state index contributed by atoms with van der Waals surface area (Å²) >= 11 is 0. The molecule has 6 heteroatoms. The molecule has 68 heavy (non-hydrogen) atoms. The van der Waals surface area contributed by atoms with Crippen LogP contribution in [0.5, 0.6) is 0 Å². The zero-order chi connectivity index (χ0) is 49.3. The number of carbonyl (C=O) groups excluding carboxylic acids is 3. The van der Waals surface area contributed by atoms with E-state index in [1.165, 1.54) is 44.9 Å². The normalized spacial score (nSPS) is 13.3. The fourth-order valence-corrected chi connectivity index (χ4v) is 6.65. The third-order valence-corrected chi connectivity index (χ3v) is 10.6. The van der Waals surface area contributed by atoms with Gasteiger partial charge in [-0.3, -0.25) is 14.4 Å². The predicted octanol–water partition coefficient (Wildman–Crippen LogP) is 18.0. The summed E-state index contributed by atoms with van der Waals surface area (Å²) in [5.74, 6) is -1.07. The average Bonchev–Trinajstić information content (AvgIpc) is 3.34. The Morgan fingerprint density at radius 1 is 0.309 bits per heavy atom. The fraction of sp³-hybridized carbons (Fsp3) is 0.565. The summed E-state index contributed by atoms with van der Waals surface area (Å²) in [4.78, 5) is 38.0. The van der Waals surface area contributed by atoms with Crippen LogP contribution < -0.4 is 0 Å². The van der Waals surface area contributed by atoms with Crippen LogP contribution in [0.25, 0.3) is 0 Å². The molecule has 0 aromatic carbocycles. The van der Waals surface area contributed by atoms with Crippen molar-refractivity contribution in [1.82, 2.24) is 0 Å². The monoisotopic (exact) mass is 937 g/mol. The van der Waals surface area contributed by atoms with Crippen molar-refractivity contribution >= 4 is 17.9 Å². The van der Waals surface area contributed by atoms with Gasteiger partial charge in [0, 0.05) is 19.3 Å². The average molecular weight is 937 g/mol. The summed E-state index contributed by atoms with van der Waals surface area (Å²) in [6.45, 7) is 6.27. The highest BCUT2D eigenvalue weighted by Gasteiger charge is 2.19. The molecular weight excluding hydrogens is 841 g/mol. The van der Waals surface area contributed by atoms with Gasteiger partial charge in [0.2, 0.25) is 0 Å². The fourth-order valence-electron chi connectivity index (χ4n) is 6.65. The molecule has 0 bridgehead atoms. The molecule has 0 saturated heterocycles. The second-order valence-electron chi connectivity index (χ2n) is 17.0.